The van der Waals surface area contributed by atoms with Crippen LogP contribution in [0.25, 0.3) is 0 Å². The van der Waals surface area contributed by atoms with Crippen molar-refractivity contribution in [2.45, 2.75) is 18.1 Å². The molecule has 2 N–H and O–H groups in total. The fourth-order valence-electron chi connectivity index (χ4n) is 0.901. The summed E-state index contributed by atoms with van der Waals surface area (Å²) in [6.45, 7) is 1.05. The van der Waals surface area contributed by atoms with Crippen molar-refractivity contribution < 1.29 is 9.28 Å². The number of nitrogens with two attached hydrogens (primary N) is 1. The standard InChI is InChI=1S/C8H18N2OS/c1-10(2,3)6-4-5-7(12)8(9)11/h7H,4-6H2,1-3H3,(H2-,9,11,12)/p+1. The first-order valence-corrected chi connectivity index (χ1v) is 4.62. The van der Waals surface area contributed by atoms with Gasteiger partial charge in [0.15, 0.2) is 0 Å². The van der Waals surface area contributed by atoms with Crippen LogP contribution >= 0.6 is 12.6 Å². The minimum atomic E-state index is -0.320. The van der Waals surface area contributed by atoms with E-state index in [4.69, 9.17) is 5.73 Å². The van der Waals surface area contributed by atoms with Crippen LogP contribution in [0.4, 0.5) is 0 Å². The van der Waals surface area contributed by atoms with Gasteiger partial charge in [0.1, 0.15) is 0 Å². The number of hydrogen-bond acceptors (Lipinski definition) is 2. The van der Waals surface area contributed by atoms with Gasteiger partial charge in [-0.05, 0) is 12.8 Å². The molecule has 0 saturated heterocycles. The molecule has 0 radical (unpaired) electrons. The van der Waals surface area contributed by atoms with Gasteiger partial charge in [-0.1, -0.05) is 0 Å². The Bertz CT molecular complexity index is 154. The zero-order valence-electron chi connectivity index (χ0n) is 8.08. The summed E-state index contributed by atoms with van der Waals surface area (Å²) in [5.41, 5.74) is 5.07. The van der Waals surface area contributed by atoms with E-state index in [2.05, 4.69) is 33.8 Å². The summed E-state index contributed by atoms with van der Waals surface area (Å²) in [5.74, 6) is -0.320. The van der Waals surface area contributed by atoms with E-state index >= 15 is 0 Å². The molecule has 1 atom stereocenters. The molecule has 0 saturated carbocycles. The third-order valence-electron chi connectivity index (χ3n) is 1.63. The second kappa shape index (κ2) is 4.72. The molecule has 0 aromatic rings. The number of thiol groups is 1. The van der Waals surface area contributed by atoms with Gasteiger partial charge in [-0.2, -0.15) is 12.6 Å². The summed E-state index contributed by atoms with van der Waals surface area (Å²) in [6.07, 6.45) is 1.76. The van der Waals surface area contributed by atoms with Gasteiger partial charge >= 0.3 is 0 Å². The van der Waals surface area contributed by atoms with Crippen molar-refractivity contribution in [1.29, 1.82) is 0 Å². The summed E-state index contributed by atoms with van der Waals surface area (Å²) in [4.78, 5) is 10.6. The van der Waals surface area contributed by atoms with Crippen LogP contribution in [0.5, 0.6) is 0 Å². The van der Waals surface area contributed by atoms with Gasteiger partial charge in [-0.25, -0.2) is 0 Å². The molecule has 1 unspecified atom stereocenters. The van der Waals surface area contributed by atoms with E-state index in [9.17, 15) is 4.79 Å². The molecule has 3 nitrogen and oxygen atoms in total. The zero-order valence-corrected chi connectivity index (χ0v) is 8.97. The summed E-state index contributed by atoms with van der Waals surface area (Å²) in [6, 6.07) is 0. The Morgan fingerprint density at radius 3 is 2.33 bits per heavy atom. The molecule has 72 valence electrons. The number of nitrogens with zero attached hydrogens (tertiary/aromatic N) is 1. The van der Waals surface area contributed by atoms with Gasteiger partial charge in [0.25, 0.3) is 0 Å². The van der Waals surface area contributed by atoms with Crippen molar-refractivity contribution in [2.24, 2.45) is 5.73 Å². The molecule has 0 aliphatic heterocycles. The average molecular weight is 191 g/mol. The van der Waals surface area contributed by atoms with Crippen LogP contribution in [0.1, 0.15) is 12.8 Å². The second-order valence-electron chi connectivity index (χ2n) is 4.07. The average Bonchev–Trinajstić information content (AvgIpc) is 1.84. The predicted octanol–water partition coefficient (Wildman–Crippen LogP) is 0.257. The van der Waals surface area contributed by atoms with Gasteiger partial charge in [0.05, 0.1) is 32.9 Å². The molecule has 0 spiro atoms. The normalized spacial score (nSPS) is 14.3. The maximum Gasteiger partial charge on any atom is 0.230 e. The summed E-state index contributed by atoms with van der Waals surface area (Å²) >= 11 is 4.07. The number of carbonyl (C=O) groups is 1. The van der Waals surface area contributed by atoms with Crippen LogP contribution in [0.2, 0.25) is 0 Å². The smallest absolute Gasteiger partial charge is 0.230 e. The monoisotopic (exact) mass is 191 g/mol. The van der Waals surface area contributed by atoms with E-state index < -0.39 is 0 Å². The fraction of sp³-hybridized carbons (Fsp3) is 0.875. The van der Waals surface area contributed by atoms with Gasteiger partial charge in [0, 0.05) is 0 Å². The highest BCUT2D eigenvalue weighted by Gasteiger charge is 2.12. The van der Waals surface area contributed by atoms with Gasteiger partial charge in [-0.3, -0.25) is 4.79 Å². The van der Waals surface area contributed by atoms with Crippen LogP contribution in [-0.4, -0.2) is 43.3 Å². The van der Waals surface area contributed by atoms with E-state index in [1.165, 1.54) is 0 Å². The molecule has 0 aliphatic rings. The van der Waals surface area contributed by atoms with E-state index in [1.54, 1.807) is 0 Å². The van der Waals surface area contributed by atoms with Crippen LogP contribution in [-0.2, 0) is 4.79 Å². The van der Waals surface area contributed by atoms with E-state index in [-0.39, 0.29) is 11.2 Å². The molecular formula is C8H19N2OS+. The summed E-state index contributed by atoms with van der Waals surface area (Å²) in [5, 5.41) is -0.281. The highest BCUT2D eigenvalue weighted by Crippen LogP contribution is 2.05. The molecule has 0 bridgehead atoms. The molecule has 0 heterocycles. The first kappa shape index (κ1) is 11.8. The fourth-order valence-corrected chi connectivity index (χ4v) is 1.08. The third-order valence-corrected chi connectivity index (χ3v) is 2.15. The van der Waals surface area contributed by atoms with Gasteiger partial charge < -0.3 is 10.2 Å². The van der Waals surface area contributed by atoms with Gasteiger partial charge in [-0.15, -0.1) is 0 Å². The predicted molar refractivity (Wildman–Crippen MR) is 54.1 cm³/mol. The first-order chi connectivity index (χ1) is 5.33. The zero-order chi connectivity index (χ0) is 9.78. The van der Waals surface area contributed by atoms with Crippen molar-refractivity contribution in [3.8, 4) is 0 Å². The lowest BCUT2D eigenvalue weighted by Gasteiger charge is -2.24. The Balaban J connectivity index is 3.51. The van der Waals surface area contributed by atoms with Crippen molar-refractivity contribution in [3.63, 3.8) is 0 Å². The highest BCUT2D eigenvalue weighted by atomic mass is 32.1. The lowest BCUT2D eigenvalue weighted by Crippen LogP contribution is -2.36. The van der Waals surface area contributed by atoms with E-state index in [0.717, 1.165) is 23.9 Å². The van der Waals surface area contributed by atoms with Crippen molar-refractivity contribution in [1.82, 2.24) is 0 Å². The van der Waals surface area contributed by atoms with E-state index in [0.29, 0.717) is 0 Å². The maximum absolute atomic E-state index is 10.6. The topological polar surface area (TPSA) is 43.1 Å². The summed E-state index contributed by atoms with van der Waals surface area (Å²) < 4.78 is 0.916. The minimum absolute atomic E-state index is 0.281. The molecule has 0 aromatic heterocycles. The van der Waals surface area contributed by atoms with Crippen molar-refractivity contribution in [3.05, 3.63) is 0 Å². The number of hydrogen-bond donors (Lipinski definition) is 2. The Labute approximate surface area is 79.9 Å². The largest absolute Gasteiger partial charge is 0.369 e. The summed E-state index contributed by atoms with van der Waals surface area (Å²) in [7, 11) is 6.37. The molecular weight excluding hydrogens is 172 g/mol. The number of primary amides is 1. The molecule has 0 rings (SSSR count). The molecule has 0 fully saturated rings. The van der Waals surface area contributed by atoms with Crippen LogP contribution in [0, 0.1) is 0 Å². The molecule has 12 heavy (non-hydrogen) atoms. The second-order valence-corrected chi connectivity index (χ2v) is 4.70. The molecule has 4 heteroatoms. The minimum Gasteiger partial charge on any atom is -0.369 e. The Kier molecular flexibility index (Phi) is 4.63. The van der Waals surface area contributed by atoms with Crippen molar-refractivity contribution >= 4 is 18.5 Å². The molecule has 1 amide bonds. The van der Waals surface area contributed by atoms with Crippen molar-refractivity contribution in [2.75, 3.05) is 27.7 Å². The number of carbonyl (C=O) groups excluding carboxylic acids is 1. The maximum atomic E-state index is 10.6. The van der Waals surface area contributed by atoms with Crippen LogP contribution < -0.4 is 5.73 Å². The number of quaternary nitrogens is 1. The third kappa shape index (κ3) is 6.49. The Hall–Kier alpha value is -0.220. The van der Waals surface area contributed by atoms with Gasteiger partial charge in [0.2, 0.25) is 5.91 Å². The van der Waals surface area contributed by atoms with E-state index in [1.807, 2.05) is 0 Å². The lowest BCUT2D eigenvalue weighted by atomic mass is 10.2. The Morgan fingerprint density at radius 1 is 1.50 bits per heavy atom. The van der Waals surface area contributed by atoms with Crippen LogP contribution in [0.15, 0.2) is 0 Å². The van der Waals surface area contributed by atoms with Crippen LogP contribution in [0.3, 0.4) is 0 Å². The number of rotatable bonds is 5. The molecule has 0 aliphatic carbocycles. The number of amides is 1. The highest BCUT2D eigenvalue weighted by molar-refractivity contribution is 7.81. The SMILES string of the molecule is C[N+](C)(C)CCCC(S)C(N)=O. The Morgan fingerprint density at radius 2 is 2.00 bits per heavy atom. The lowest BCUT2D eigenvalue weighted by molar-refractivity contribution is -0.870. The first-order valence-electron chi connectivity index (χ1n) is 4.11. The molecule has 0 aromatic carbocycles. The quantitative estimate of drug-likeness (QED) is 0.475.